The number of rotatable bonds is 9. The summed E-state index contributed by atoms with van der Waals surface area (Å²) in [6.45, 7) is 4.43. The largest absolute Gasteiger partial charge is 0.391 e. The molecule has 3 nitrogen and oxygen atoms in total. The fourth-order valence-corrected chi connectivity index (χ4v) is 3.49. The van der Waals surface area contributed by atoms with Crippen LogP contribution in [0, 0.1) is 5.92 Å². The third kappa shape index (κ3) is 5.93. The van der Waals surface area contributed by atoms with E-state index < -0.39 is 5.54 Å². The second-order valence-corrected chi connectivity index (χ2v) is 6.95. The number of amides is 1. The van der Waals surface area contributed by atoms with E-state index in [2.05, 4.69) is 19.2 Å². The molecule has 0 heterocycles. The van der Waals surface area contributed by atoms with E-state index >= 15 is 0 Å². The van der Waals surface area contributed by atoms with Crippen LogP contribution in [0.25, 0.3) is 0 Å². The summed E-state index contributed by atoms with van der Waals surface area (Å²) in [5.41, 5.74) is 5.53. The molecular formula is C17H32N2OS. The van der Waals surface area contributed by atoms with E-state index in [0.29, 0.717) is 11.4 Å². The molecule has 1 aliphatic rings. The molecule has 1 aliphatic carbocycles. The fourth-order valence-electron chi connectivity index (χ4n) is 3.23. The van der Waals surface area contributed by atoms with Crippen LogP contribution < -0.4 is 11.1 Å². The Hall–Kier alpha value is -0.640. The zero-order valence-corrected chi connectivity index (χ0v) is 14.6. The molecule has 0 spiro atoms. The highest BCUT2D eigenvalue weighted by atomic mass is 32.1. The monoisotopic (exact) mass is 312 g/mol. The molecule has 0 radical (unpaired) electrons. The first-order valence-corrected chi connectivity index (χ1v) is 9.05. The minimum Gasteiger partial charge on any atom is -0.391 e. The molecule has 0 aromatic rings. The average molecular weight is 313 g/mol. The molecule has 1 amide bonds. The Balaban J connectivity index is 2.40. The molecule has 1 rings (SSSR count). The van der Waals surface area contributed by atoms with Crippen LogP contribution >= 0.6 is 12.2 Å². The summed E-state index contributed by atoms with van der Waals surface area (Å²) >= 11 is 5.25. The number of carbonyl (C=O) groups is 1. The van der Waals surface area contributed by atoms with Crippen molar-refractivity contribution in [2.45, 2.75) is 90.0 Å². The van der Waals surface area contributed by atoms with Gasteiger partial charge in [0.25, 0.3) is 0 Å². The van der Waals surface area contributed by atoms with Gasteiger partial charge in [-0.3, -0.25) is 4.79 Å². The van der Waals surface area contributed by atoms with Gasteiger partial charge in [-0.25, -0.2) is 0 Å². The van der Waals surface area contributed by atoms with Gasteiger partial charge in [0.05, 0.1) is 10.5 Å². The zero-order chi connectivity index (χ0) is 15.7. The Labute approximate surface area is 135 Å². The SMILES string of the molecule is CCCCCCCC(=O)NC1(C(N)=S)CCC(CC)CC1. The minimum absolute atomic E-state index is 0.120. The predicted molar refractivity (Wildman–Crippen MR) is 93.3 cm³/mol. The fraction of sp³-hybridized carbons (Fsp3) is 0.882. The molecule has 0 atom stereocenters. The lowest BCUT2D eigenvalue weighted by molar-refractivity contribution is -0.122. The van der Waals surface area contributed by atoms with Crippen LogP contribution in [0.4, 0.5) is 0 Å². The van der Waals surface area contributed by atoms with Gasteiger partial charge in [0.15, 0.2) is 0 Å². The maximum Gasteiger partial charge on any atom is 0.220 e. The average Bonchev–Trinajstić information content (AvgIpc) is 2.47. The normalized spacial score (nSPS) is 25.5. The summed E-state index contributed by atoms with van der Waals surface area (Å²) in [5, 5.41) is 3.16. The summed E-state index contributed by atoms with van der Waals surface area (Å²) in [5.74, 6) is 0.882. The van der Waals surface area contributed by atoms with Crippen LogP contribution in [0.3, 0.4) is 0 Å². The number of thiocarbonyl (C=S) groups is 1. The number of unbranched alkanes of at least 4 members (excludes halogenated alkanes) is 4. The Morgan fingerprint density at radius 3 is 2.33 bits per heavy atom. The summed E-state index contributed by atoms with van der Waals surface area (Å²) in [4.78, 5) is 12.6. The first kappa shape index (κ1) is 18.4. The van der Waals surface area contributed by atoms with Crippen molar-refractivity contribution in [2.75, 3.05) is 0 Å². The molecule has 0 unspecified atom stereocenters. The molecule has 122 valence electrons. The van der Waals surface area contributed by atoms with Gasteiger partial charge < -0.3 is 11.1 Å². The van der Waals surface area contributed by atoms with Crippen LogP contribution in [-0.4, -0.2) is 16.4 Å². The third-order valence-corrected chi connectivity index (χ3v) is 5.28. The summed E-state index contributed by atoms with van der Waals surface area (Å²) in [6, 6.07) is 0. The summed E-state index contributed by atoms with van der Waals surface area (Å²) in [6.07, 6.45) is 11.7. The van der Waals surface area contributed by atoms with Crippen molar-refractivity contribution in [3.8, 4) is 0 Å². The summed E-state index contributed by atoms with van der Waals surface area (Å²) in [7, 11) is 0. The van der Waals surface area contributed by atoms with E-state index in [4.69, 9.17) is 18.0 Å². The van der Waals surface area contributed by atoms with Gasteiger partial charge in [0.2, 0.25) is 5.91 Å². The number of nitrogens with two attached hydrogens (primary N) is 1. The molecule has 0 saturated heterocycles. The molecule has 0 aromatic heterocycles. The molecular weight excluding hydrogens is 280 g/mol. The van der Waals surface area contributed by atoms with Crippen LogP contribution in [0.5, 0.6) is 0 Å². The molecule has 3 N–H and O–H groups in total. The lowest BCUT2D eigenvalue weighted by Gasteiger charge is -2.40. The molecule has 4 heteroatoms. The molecule has 21 heavy (non-hydrogen) atoms. The number of hydrogen-bond donors (Lipinski definition) is 2. The highest BCUT2D eigenvalue weighted by Gasteiger charge is 2.38. The van der Waals surface area contributed by atoms with Crippen molar-refractivity contribution in [3.05, 3.63) is 0 Å². The standard InChI is InChI=1S/C17H32N2OS/c1-3-5-6-7-8-9-15(20)19-17(16(18)21)12-10-14(4-2)11-13-17/h14H,3-13H2,1-2H3,(H2,18,21)(H,19,20). The van der Waals surface area contributed by atoms with E-state index in [9.17, 15) is 4.79 Å². The van der Waals surface area contributed by atoms with Crippen LogP contribution in [-0.2, 0) is 4.79 Å². The van der Waals surface area contributed by atoms with Gasteiger partial charge in [0, 0.05) is 6.42 Å². The van der Waals surface area contributed by atoms with Crippen molar-refractivity contribution in [2.24, 2.45) is 11.7 Å². The first-order chi connectivity index (χ1) is 10.0. The Kier molecular flexibility index (Phi) is 8.23. The van der Waals surface area contributed by atoms with Gasteiger partial charge >= 0.3 is 0 Å². The number of carbonyl (C=O) groups excluding carboxylic acids is 1. The van der Waals surface area contributed by atoms with Gasteiger partial charge in [-0.15, -0.1) is 0 Å². The zero-order valence-electron chi connectivity index (χ0n) is 13.7. The Morgan fingerprint density at radius 1 is 1.19 bits per heavy atom. The molecule has 1 saturated carbocycles. The topological polar surface area (TPSA) is 55.1 Å². The van der Waals surface area contributed by atoms with Gasteiger partial charge in [-0.2, -0.15) is 0 Å². The summed E-state index contributed by atoms with van der Waals surface area (Å²) < 4.78 is 0. The van der Waals surface area contributed by atoms with Crippen LogP contribution in [0.15, 0.2) is 0 Å². The van der Waals surface area contributed by atoms with Gasteiger partial charge in [-0.05, 0) is 38.0 Å². The lowest BCUT2D eigenvalue weighted by Crippen LogP contribution is -2.58. The van der Waals surface area contributed by atoms with E-state index in [-0.39, 0.29) is 5.91 Å². The van der Waals surface area contributed by atoms with E-state index in [0.717, 1.165) is 44.4 Å². The van der Waals surface area contributed by atoms with Crippen LogP contribution in [0.2, 0.25) is 0 Å². The highest BCUT2D eigenvalue weighted by Crippen LogP contribution is 2.34. The van der Waals surface area contributed by atoms with Gasteiger partial charge in [0.1, 0.15) is 0 Å². The number of hydrogen-bond acceptors (Lipinski definition) is 2. The van der Waals surface area contributed by atoms with E-state index in [1.807, 2.05) is 0 Å². The first-order valence-electron chi connectivity index (χ1n) is 8.65. The molecule has 1 fully saturated rings. The minimum atomic E-state index is -0.415. The Morgan fingerprint density at radius 2 is 1.81 bits per heavy atom. The quantitative estimate of drug-likeness (QED) is 0.498. The lowest BCUT2D eigenvalue weighted by atomic mass is 9.75. The molecule has 0 bridgehead atoms. The smallest absolute Gasteiger partial charge is 0.220 e. The maximum absolute atomic E-state index is 12.2. The van der Waals surface area contributed by atoms with E-state index in [1.54, 1.807) is 0 Å². The third-order valence-electron chi connectivity index (χ3n) is 4.89. The van der Waals surface area contributed by atoms with Crippen molar-refractivity contribution in [3.63, 3.8) is 0 Å². The second kappa shape index (κ2) is 9.39. The molecule has 0 aromatic carbocycles. The maximum atomic E-state index is 12.2. The van der Waals surface area contributed by atoms with Crippen LogP contribution in [0.1, 0.15) is 84.5 Å². The van der Waals surface area contributed by atoms with Crippen molar-refractivity contribution in [1.82, 2.24) is 5.32 Å². The van der Waals surface area contributed by atoms with Gasteiger partial charge in [-0.1, -0.05) is 58.2 Å². The molecule has 0 aliphatic heterocycles. The Bertz CT molecular complexity index is 336. The second-order valence-electron chi connectivity index (χ2n) is 6.51. The van der Waals surface area contributed by atoms with Crippen molar-refractivity contribution in [1.29, 1.82) is 0 Å². The number of nitrogens with one attached hydrogen (secondary N) is 1. The predicted octanol–water partition coefficient (Wildman–Crippen LogP) is 4.09. The van der Waals surface area contributed by atoms with Crippen molar-refractivity contribution >= 4 is 23.1 Å². The van der Waals surface area contributed by atoms with E-state index in [1.165, 1.54) is 25.7 Å². The highest BCUT2D eigenvalue weighted by molar-refractivity contribution is 7.80. The van der Waals surface area contributed by atoms with Crippen molar-refractivity contribution < 1.29 is 4.79 Å².